The Balaban J connectivity index is 2.02. The lowest BCUT2D eigenvalue weighted by Gasteiger charge is -2.14. The number of amides is 1. The average Bonchev–Trinajstić information content (AvgIpc) is 3.07. The van der Waals surface area contributed by atoms with Crippen molar-refractivity contribution in [3.05, 3.63) is 22.7 Å². The number of ether oxygens (including phenoxy) is 3. The molecule has 0 saturated heterocycles. The topological polar surface area (TPSA) is 82.6 Å². The molecule has 1 amide bonds. The molecular formula is C18H25N3O4S. The molecule has 7 nitrogen and oxygen atoms in total. The molecule has 26 heavy (non-hydrogen) atoms. The summed E-state index contributed by atoms with van der Waals surface area (Å²) in [4.78, 5) is 12.2. The van der Waals surface area contributed by atoms with Crippen LogP contribution in [0.5, 0.6) is 17.2 Å². The van der Waals surface area contributed by atoms with Crippen molar-refractivity contribution in [3.63, 3.8) is 0 Å². The van der Waals surface area contributed by atoms with Crippen LogP contribution in [0.15, 0.2) is 12.1 Å². The Hall–Kier alpha value is -2.35. The number of nitrogens with one attached hydrogen (secondary N) is 1. The summed E-state index contributed by atoms with van der Waals surface area (Å²) in [7, 11) is 4.69. The van der Waals surface area contributed by atoms with Gasteiger partial charge in [0.2, 0.25) is 16.8 Å². The van der Waals surface area contributed by atoms with Crippen molar-refractivity contribution in [3.8, 4) is 17.2 Å². The van der Waals surface area contributed by atoms with Crippen LogP contribution >= 0.6 is 11.3 Å². The monoisotopic (exact) mass is 379 g/mol. The number of hydrogen-bond acceptors (Lipinski definition) is 7. The standard InChI is InChI=1S/C18H25N3O4S/c1-18(2,3)16-20-21-17(26-16)19-14(22)8-7-11-9-12(23-4)15(25-6)13(10-11)24-5/h9-10H,7-8H2,1-6H3,(H,19,21,22). The van der Waals surface area contributed by atoms with Gasteiger partial charge in [-0.1, -0.05) is 32.1 Å². The van der Waals surface area contributed by atoms with Crippen molar-refractivity contribution >= 4 is 22.4 Å². The first-order chi connectivity index (χ1) is 12.3. The van der Waals surface area contributed by atoms with Crippen molar-refractivity contribution in [2.75, 3.05) is 26.6 Å². The van der Waals surface area contributed by atoms with Crippen molar-refractivity contribution in [1.29, 1.82) is 0 Å². The molecule has 2 aromatic rings. The Bertz CT molecular complexity index is 743. The maximum absolute atomic E-state index is 12.2. The van der Waals surface area contributed by atoms with Gasteiger partial charge in [-0.05, 0) is 24.1 Å². The molecule has 8 heteroatoms. The Labute approximate surface area is 157 Å². The number of aryl methyl sites for hydroxylation is 1. The number of aromatic nitrogens is 2. The van der Waals surface area contributed by atoms with E-state index in [0.717, 1.165) is 10.6 Å². The van der Waals surface area contributed by atoms with Gasteiger partial charge in [-0.2, -0.15) is 0 Å². The van der Waals surface area contributed by atoms with Gasteiger partial charge in [-0.15, -0.1) is 10.2 Å². The van der Waals surface area contributed by atoms with E-state index in [1.54, 1.807) is 21.3 Å². The molecule has 0 aliphatic rings. The zero-order valence-electron chi connectivity index (χ0n) is 16.0. The summed E-state index contributed by atoms with van der Waals surface area (Å²) in [5.74, 6) is 1.56. The van der Waals surface area contributed by atoms with E-state index in [4.69, 9.17) is 14.2 Å². The fraction of sp³-hybridized carbons (Fsp3) is 0.500. The van der Waals surface area contributed by atoms with E-state index < -0.39 is 0 Å². The highest BCUT2D eigenvalue weighted by Crippen LogP contribution is 2.38. The maximum atomic E-state index is 12.2. The van der Waals surface area contributed by atoms with Crippen LogP contribution in [-0.2, 0) is 16.6 Å². The highest BCUT2D eigenvalue weighted by Gasteiger charge is 2.20. The van der Waals surface area contributed by atoms with E-state index in [0.29, 0.717) is 35.2 Å². The largest absolute Gasteiger partial charge is 0.493 e. The quantitative estimate of drug-likeness (QED) is 0.794. The number of carbonyl (C=O) groups excluding carboxylic acids is 1. The second kappa shape index (κ2) is 8.35. The van der Waals surface area contributed by atoms with E-state index in [1.165, 1.54) is 11.3 Å². The van der Waals surface area contributed by atoms with E-state index in [1.807, 2.05) is 12.1 Å². The fourth-order valence-corrected chi connectivity index (χ4v) is 3.11. The van der Waals surface area contributed by atoms with Gasteiger partial charge in [0.1, 0.15) is 5.01 Å². The highest BCUT2D eigenvalue weighted by molar-refractivity contribution is 7.15. The number of methoxy groups -OCH3 is 3. The molecule has 0 aliphatic carbocycles. The molecule has 0 atom stereocenters. The number of anilines is 1. The molecule has 142 valence electrons. The zero-order valence-corrected chi connectivity index (χ0v) is 16.8. The van der Waals surface area contributed by atoms with Gasteiger partial charge in [0, 0.05) is 11.8 Å². The van der Waals surface area contributed by atoms with Crippen LogP contribution in [0.1, 0.15) is 37.8 Å². The number of nitrogens with zero attached hydrogens (tertiary/aromatic N) is 2. The summed E-state index contributed by atoms with van der Waals surface area (Å²) in [6, 6.07) is 3.69. The van der Waals surface area contributed by atoms with Gasteiger partial charge in [0.05, 0.1) is 21.3 Å². The van der Waals surface area contributed by atoms with Gasteiger partial charge >= 0.3 is 0 Å². The van der Waals surface area contributed by atoms with Gasteiger partial charge in [-0.3, -0.25) is 4.79 Å². The molecule has 0 aliphatic heterocycles. The molecule has 0 spiro atoms. The first-order valence-corrected chi connectivity index (χ1v) is 9.03. The molecule has 1 aromatic heterocycles. The number of rotatable bonds is 7. The molecule has 0 fully saturated rings. The summed E-state index contributed by atoms with van der Waals surface area (Å²) in [6.45, 7) is 6.18. The van der Waals surface area contributed by atoms with E-state index >= 15 is 0 Å². The molecule has 1 aromatic carbocycles. The van der Waals surface area contributed by atoms with Gasteiger partial charge < -0.3 is 19.5 Å². The molecule has 0 radical (unpaired) electrons. The van der Waals surface area contributed by atoms with Crippen LogP contribution in [0, 0.1) is 0 Å². The van der Waals surface area contributed by atoms with Gasteiger partial charge in [0.15, 0.2) is 11.5 Å². The molecule has 1 N–H and O–H groups in total. The van der Waals surface area contributed by atoms with Crippen LogP contribution in [0.3, 0.4) is 0 Å². The van der Waals surface area contributed by atoms with Crippen LogP contribution in [0.25, 0.3) is 0 Å². The lowest BCUT2D eigenvalue weighted by Crippen LogP contribution is -2.12. The smallest absolute Gasteiger partial charge is 0.226 e. The number of benzene rings is 1. The predicted molar refractivity (Wildman–Crippen MR) is 102 cm³/mol. The fourth-order valence-electron chi connectivity index (χ4n) is 2.30. The first-order valence-electron chi connectivity index (χ1n) is 8.21. The van der Waals surface area contributed by atoms with Crippen LogP contribution in [0.4, 0.5) is 5.13 Å². The summed E-state index contributed by atoms with van der Waals surface area (Å²) in [5.41, 5.74) is 0.832. The second-order valence-electron chi connectivity index (χ2n) is 6.74. The maximum Gasteiger partial charge on any atom is 0.226 e. The van der Waals surface area contributed by atoms with Crippen molar-refractivity contribution < 1.29 is 19.0 Å². The third-order valence-electron chi connectivity index (χ3n) is 3.68. The summed E-state index contributed by atoms with van der Waals surface area (Å²) in [6.07, 6.45) is 0.844. The predicted octanol–water partition coefficient (Wildman–Crippen LogP) is 3.43. The second-order valence-corrected chi connectivity index (χ2v) is 7.72. The molecular weight excluding hydrogens is 354 g/mol. The Morgan fingerprint density at radius 2 is 1.69 bits per heavy atom. The summed E-state index contributed by atoms with van der Waals surface area (Å²) >= 11 is 1.40. The lowest BCUT2D eigenvalue weighted by molar-refractivity contribution is -0.116. The minimum Gasteiger partial charge on any atom is -0.493 e. The molecule has 0 unspecified atom stereocenters. The van der Waals surface area contributed by atoms with E-state index in [9.17, 15) is 4.79 Å². The van der Waals surface area contributed by atoms with E-state index in [2.05, 4.69) is 36.3 Å². The normalized spacial score (nSPS) is 11.2. The highest BCUT2D eigenvalue weighted by atomic mass is 32.1. The number of hydrogen-bond donors (Lipinski definition) is 1. The third-order valence-corrected chi connectivity index (χ3v) is 4.94. The SMILES string of the molecule is COc1cc(CCC(=O)Nc2nnc(C(C)(C)C)s2)cc(OC)c1OC. The zero-order chi connectivity index (χ0) is 19.3. The Morgan fingerprint density at radius 3 is 2.15 bits per heavy atom. The van der Waals surface area contributed by atoms with Crippen LogP contribution in [-0.4, -0.2) is 37.4 Å². The number of carbonyl (C=O) groups is 1. The van der Waals surface area contributed by atoms with E-state index in [-0.39, 0.29) is 11.3 Å². The summed E-state index contributed by atoms with van der Waals surface area (Å²) < 4.78 is 16.0. The first kappa shape index (κ1) is 20.0. The average molecular weight is 379 g/mol. The Kier molecular flexibility index (Phi) is 6.42. The minimum atomic E-state index is -0.115. The van der Waals surface area contributed by atoms with Crippen LogP contribution < -0.4 is 19.5 Å². The molecule has 1 heterocycles. The molecule has 2 rings (SSSR count). The van der Waals surface area contributed by atoms with Crippen LogP contribution in [0.2, 0.25) is 0 Å². The summed E-state index contributed by atoms with van der Waals surface area (Å²) in [5, 5.41) is 12.4. The molecule has 0 saturated carbocycles. The van der Waals surface area contributed by atoms with Crippen molar-refractivity contribution in [2.24, 2.45) is 0 Å². The van der Waals surface area contributed by atoms with Gasteiger partial charge in [0.25, 0.3) is 0 Å². The van der Waals surface area contributed by atoms with Gasteiger partial charge in [-0.25, -0.2) is 0 Å². The van der Waals surface area contributed by atoms with Crippen molar-refractivity contribution in [2.45, 2.75) is 39.0 Å². The molecule has 0 bridgehead atoms. The minimum absolute atomic E-state index is 0.0865. The van der Waals surface area contributed by atoms with Crippen molar-refractivity contribution in [1.82, 2.24) is 10.2 Å². The third kappa shape index (κ3) is 4.85. The lowest BCUT2D eigenvalue weighted by atomic mass is 9.98. The Morgan fingerprint density at radius 1 is 1.08 bits per heavy atom.